The Kier molecular flexibility index (Phi) is 8.43. The molecule has 0 bridgehead atoms. The first-order valence-electron chi connectivity index (χ1n) is 12.9. The highest BCUT2D eigenvalue weighted by molar-refractivity contribution is 6.30. The zero-order valence-electron chi connectivity index (χ0n) is 22.3. The Morgan fingerprint density at radius 2 is 1.95 bits per heavy atom. The van der Waals surface area contributed by atoms with Gasteiger partial charge in [0.25, 0.3) is 5.91 Å². The zero-order chi connectivity index (χ0) is 30.0. The van der Waals surface area contributed by atoms with Gasteiger partial charge in [-0.15, -0.1) is 10.2 Å². The summed E-state index contributed by atoms with van der Waals surface area (Å²) in [7, 11) is 1.58. The van der Waals surface area contributed by atoms with E-state index in [4.69, 9.17) is 16.3 Å². The molecule has 0 radical (unpaired) electrons. The van der Waals surface area contributed by atoms with Crippen LogP contribution in [0.2, 0.25) is 5.02 Å². The second kappa shape index (κ2) is 12.0. The molecule has 1 aliphatic heterocycles. The van der Waals surface area contributed by atoms with Crippen molar-refractivity contribution in [1.29, 1.82) is 0 Å². The predicted molar refractivity (Wildman–Crippen MR) is 143 cm³/mol. The molecule has 2 atom stereocenters. The van der Waals surface area contributed by atoms with Crippen LogP contribution in [0.3, 0.4) is 0 Å². The van der Waals surface area contributed by atoms with Gasteiger partial charge < -0.3 is 14.7 Å². The van der Waals surface area contributed by atoms with Gasteiger partial charge >= 0.3 is 11.9 Å². The topological polar surface area (TPSA) is 133 Å². The molecular formula is C26H26ClF3N8O4. The van der Waals surface area contributed by atoms with Crippen molar-refractivity contribution in [2.45, 2.75) is 44.3 Å². The van der Waals surface area contributed by atoms with Crippen LogP contribution in [0.5, 0.6) is 0 Å². The van der Waals surface area contributed by atoms with Crippen LogP contribution in [0.15, 0.2) is 53.7 Å². The normalized spacial score (nSPS) is 16.2. The van der Waals surface area contributed by atoms with Crippen molar-refractivity contribution in [3.05, 3.63) is 75.8 Å². The first kappa shape index (κ1) is 29.4. The van der Waals surface area contributed by atoms with Gasteiger partial charge in [0.2, 0.25) is 0 Å². The fourth-order valence-electron chi connectivity index (χ4n) is 4.77. The maximum atomic E-state index is 13.4. The third-order valence-electron chi connectivity index (χ3n) is 6.82. The number of carbonyl (C=O) groups excluding carboxylic acids is 1. The minimum atomic E-state index is -4.95. The van der Waals surface area contributed by atoms with E-state index in [-0.39, 0.29) is 36.0 Å². The molecule has 4 heterocycles. The van der Waals surface area contributed by atoms with E-state index < -0.39 is 24.5 Å². The van der Waals surface area contributed by atoms with Gasteiger partial charge in [0.1, 0.15) is 12.9 Å². The number of hydrogen-bond donors (Lipinski definition) is 1. The molecule has 16 heteroatoms. The molecule has 1 N–H and O–H groups in total. The Morgan fingerprint density at radius 3 is 2.67 bits per heavy atom. The van der Waals surface area contributed by atoms with Crippen molar-refractivity contribution in [3.8, 4) is 17.2 Å². The van der Waals surface area contributed by atoms with Crippen LogP contribution >= 0.6 is 11.6 Å². The molecule has 1 aromatic carbocycles. The number of hydrogen-bond acceptors (Lipinski definition) is 8. The van der Waals surface area contributed by atoms with Crippen molar-refractivity contribution >= 4 is 17.5 Å². The number of aromatic nitrogens is 7. The zero-order valence-corrected chi connectivity index (χ0v) is 23.0. The molecule has 1 aliphatic rings. The van der Waals surface area contributed by atoms with Crippen molar-refractivity contribution in [1.82, 2.24) is 39.0 Å². The Balaban J connectivity index is 1.45. The molecule has 42 heavy (non-hydrogen) atoms. The van der Waals surface area contributed by atoms with Gasteiger partial charge in [0.05, 0.1) is 24.8 Å². The first-order chi connectivity index (χ1) is 20.1. The van der Waals surface area contributed by atoms with E-state index >= 15 is 0 Å². The lowest BCUT2D eigenvalue weighted by Crippen LogP contribution is -2.38. The van der Waals surface area contributed by atoms with Gasteiger partial charge in [-0.05, 0) is 49.2 Å². The van der Waals surface area contributed by atoms with Gasteiger partial charge in [-0.1, -0.05) is 11.6 Å². The van der Waals surface area contributed by atoms with Crippen LogP contribution in [0, 0.1) is 0 Å². The summed E-state index contributed by atoms with van der Waals surface area (Å²) in [6, 6.07) is 9.19. The molecule has 0 spiro atoms. The van der Waals surface area contributed by atoms with Gasteiger partial charge in [-0.2, -0.15) is 13.2 Å². The van der Waals surface area contributed by atoms with Crippen molar-refractivity contribution < 1.29 is 27.8 Å². The summed E-state index contributed by atoms with van der Waals surface area (Å²) in [5, 5.41) is 18.6. The largest absolute Gasteiger partial charge is 0.416 e. The number of ether oxygens (including phenoxy) is 1. The van der Waals surface area contributed by atoms with Crippen molar-refractivity contribution in [2.24, 2.45) is 0 Å². The van der Waals surface area contributed by atoms with E-state index in [9.17, 15) is 27.9 Å². The number of likely N-dealkylation sites (tertiary alicyclic amines) is 1. The summed E-state index contributed by atoms with van der Waals surface area (Å²) >= 11 is 5.93. The van der Waals surface area contributed by atoms with Crippen LogP contribution in [-0.4, -0.2) is 88.6 Å². The smallest absolute Gasteiger partial charge is 0.383 e. The standard InChI is InChI=1S/C26H26ClF3N8O4/c1-42-14-18-4-3-11-35(18)24(40)19-5-2-10-31-23(19)38-15-32-21(33-38)13-37-25(41)36(12-20(39)26(28,29)30)22(34-37)16-6-8-17(27)9-7-16/h2,5-10,15,18,20,39H,3-4,11-14H2,1H3/t18-,20?/m0/s1. The molecule has 1 fully saturated rings. The number of nitrogens with zero attached hydrogens (tertiary/aromatic N) is 8. The van der Waals surface area contributed by atoms with Crippen LogP contribution in [0.1, 0.15) is 29.0 Å². The number of aliphatic hydroxyl groups is 1. The third kappa shape index (κ3) is 6.07. The van der Waals surface area contributed by atoms with E-state index in [1.165, 1.54) is 41.5 Å². The Labute approximate surface area is 241 Å². The maximum Gasteiger partial charge on any atom is 0.416 e. The SMILES string of the molecule is COC[C@@H]1CCCN1C(=O)c1cccnc1-n1cnc(Cn2nc(-c3ccc(Cl)cc3)n(CC(O)C(F)(F)F)c2=O)n1. The number of methoxy groups -OCH3 is 1. The lowest BCUT2D eigenvalue weighted by atomic mass is 10.2. The minimum Gasteiger partial charge on any atom is -0.383 e. The number of benzene rings is 1. The number of alkyl halides is 3. The Bertz CT molecular complexity index is 1620. The van der Waals surface area contributed by atoms with Crippen molar-refractivity contribution in [3.63, 3.8) is 0 Å². The van der Waals surface area contributed by atoms with E-state index in [0.29, 0.717) is 29.3 Å². The van der Waals surface area contributed by atoms with E-state index in [1.54, 1.807) is 24.1 Å². The fraction of sp³-hybridized carbons (Fsp3) is 0.385. The summed E-state index contributed by atoms with van der Waals surface area (Å²) in [6.07, 6.45) is -3.25. The molecule has 222 valence electrons. The number of rotatable bonds is 9. The van der Waals surface area contributed by atoms with Crippen LogP contribution in [0.25, 0.3) is 17.2 Å². The van der Waals surface area contributed by atoms with Crippen molar-refractivity contribution in [2.75, 3.05) is 20.3 Å². The molecule has 4 aromatic rings. The van der Waals surface area contributed by atoms with Gasteiger partial charge in [0.15, 0.2) is 23.6 Å². The van der Waals surface area contributed by atoms with Gasteiger partial charge in [0, 0.05) is 30.4 Å². The fourth-order valence-corrected chi connectivity index (χ4v) is 4.90. The average molecular weight is 607 g/mol. The highest BCUT2D eigenvalue weighted by atomic mass is 35.5. The van der Waals surface area contributed by atoms with E-state index in [0.717, 1.165) is 22.1 Å². The molecule has 12 nitrogen and oxygen atoms in total. The maximum absolute atomic E-state index is 13.4. The summed E-state index contributed by atoms with van der Waals surface area (Å²) in [5.74, 6) is -0.0330. The molecular weight excluding hydrogens is 581 g/mol. The molecule has 3 aromatic heterocycles. The van der Waals surface area contributed by atoms with Crippen LogP contribution in [0.4, 0.5) is 13.2 Å². The number of halogens is 4. The van der Waals surface area contributed by atoms with Crippen LogP contribution in [-0.2, 0) is 17.8 Å². The summed E-state index contributed by atoms with van der Waals surface area (Å²) in [6.45, 7) is -0.385. The number of pyridine rings is 1. The average Bonchev–Trinajstić information content (AvgIpc) is 3.69. The monoisotopic (exact) mass is 606 g/mol. The Hall–Kier alpha value is -4.08. The molecule has 5 rings (SSSR count). The molecule has 1 saturated heterocycles. The van der Waals surface area contributed by atoms with E-state index in [2.05, 4.69) is 20.2 Å². The quantitative estimate of drug-likeness (QED) is 0.307. The van der Waals surface area contributed by atoms with E-state index in [1.807, 2.05) is 0 Å². The van der Waals surface area contributed by atoms with Crippen LogP contribution < -0.4 is 5.69 Å². The first-order valence-corrected chi connectivity index (χ1v) is 13.3. The number of amides is 1. The lowest BCUT2D eigenvalue weighted by molar-refractivity contribution is -0.207. The predicted octanol–water partition coefficient (Wildman–Crippen LogP) is 2.56. The molecule has 1 unspecified atom stereocenters. The minimum absolute atomic E-state index is 0.0606. The summed E-state index contributed by atoms with van der Waals surface area (Å²) in [5.41, 5.74) is -0.301. The second-order valence-electron chi connectivity index (χ2n) is 9.67. The van der Waals surface area contributed by atoms with Gasteiger partial charge in [-0.3, -0.25) is 9.36 Å². The summed E-state index contributed by atoms with van der Waals surface area (Å²) in [4.78, 5) is 36.9. The van der Waals surface area contributed by atoms with Gasteiger partial charge in [-0.25, -0.2) is 24.1 Å². The lowest BCUT2D eigenvalue weighted by Gasteiger charge is -2.24. The number of carbonyl (C=O) groups is 1. The third-order valence-corrected chi connectivity index (χ3v) is 7.07. The molecule has 0 saturated carbocycles. The second-order valence-corrected chi connectivity index (χ2v) is 10.1. The summed E-state index contributed by atoms with van der Waals surface area (Å²) < 4.78 is 47.6. The molecule has 0 aliphatic carbocycles. The molecule has 1 amide bonds. The highest BCUT2D eigenvalue weighted by Gasteiger charge is 2.39. The number of aliphatic hydroxyl groups excluding tert-OH is 1. The highest BCUT2D eigenvalue weighted by Crippen LogP contribution is 2.25. The Morgan fingerprint density at radius 1 is 1.19 bits per heavy atom.